The van der Waals surface area contributed by atoms with E-state index in [0.29, 0.717) is 31.6 Å². The molecule has 2 aliphatic heterocycles. The van der Waals surface area contributed by atoms with Crippen LogP contribution >= 0.6 is 0 Å². The highest BCUT2D eigenvalue weighted by Gasteiger charge is 2.47. The van der Waals surface area contributed by atoms with Gasteiger partial charge < -0.3 is 10.1 Å². The van der Waals surface area contributed by atoms with Crippen molar-refractivity contribution in [1.82, 2.24) is 15.1 Å². The molecule has 2 aliphatic rings. The number of likely N-dealkylation sites (N-methyl/N-ethyl adjacent to an activating group) is 1. The van der Waals surface area contributed by atoms with E-state index in [4.69, 9.17) is 10.1 Å². The van der Waals surface area contributed by atoms with Gasteiger partial charge in [0.05, 0.1) is 17.7 Å². The lowest BCUT2D eigenvalue weighted by molar-refractivity contribution is -0.149. The number of hydrogen-bond donors (Lipinski definition) is 2. The molecule has 1 atom stereocenters. The molecule has 2 N–H and O–H groups in total. The number of azo groups is 1. The second-order valence-electron chi connectivity index (χ2n) is 10.5. The highest BCUT2D eigenvalue weighted by atomic mass is 16.5. The first kappa shape index (κ1) is 31.9. The number of rotatable bonds is 11. The first-order valence-electron chi connectivity index (χ1n) is 14.4. The number of unbranched alkanes of at least 4 members (excludes halogenated alkanes) is 2. The minimum atomic E-state index is -1.02. The van der Waals surface area contributed by atoms with Gasteiger partial charge in [-0.2, -0.15) is 0 Å². The van der Waals surface area contributed by atoms with Gasteiger partial charge in [-0.15, -0.1) is 10.2 Å². The molecule has 1 fully saturated rings. The quantitative estimate of drug-likeness (QED) is 0.131. The van der Waals surface area contributed by atoms with Crippen LogP contribution in [-0.4, -0.2) is 77.8 Å². The van der Waals surface area contributed by atoms with E-state index in [0.717, 1.165) is 27.3 Å². The van der Waals surface area contributed by atoms with Crippen molar-refractivity contribution in [3.8, 4) is 5.75 Å². The van der Waals surface area contributed by atoms with Crippen LogP contribution in [0.3, 0.4) is 0 Å². The van der Waals surface area contributed by atoms with Crippen LogP contribution < -0.4 is 10.1 Å². The zero-order valence-corrected chi connectivity index (χ0v) is 25.0. The molecule has 230 valence electrons. The predicted molar refractivity (Wildman–Crippen MR) is 161 cm³/mol. The van der Waals surface area contributed by atoms with Crippen molar-refractivity contribution < 1.29 is 28.7 Å². The monoisotopic (exact) mass is 601 g/mol. The fraction of sp³-hybridized carbons (Fsp3) is 0.387. The zero-order chi connectivity index (χ0) is 31.8. The molecule has 44 heavy (non-hydrogen) atoms. The third kappa shape index (κ3) is 7.28. The Morgan fingerprint density at radius 1 is 1.02 bits per heavy atom. The van der Waals surface area contributed by atoms with Crippen LogP contribution in [0.2, 0.25) is 0 Å². The maximum Gasteiger partial charge on any atom is 0.266 e. The number of nitrogens with one attached hydrogen (secondary N) is 2. The number of nitrogens with zero attached hydrogens (tertiary/aromatic N) is 5. The van der Waals surface area contributed by atoms with Gasteiger partial charge in [0.1, 0.15) is 17.6 Å². The van der Waals surface area contributed by atoms with Gasteiger partial charge in [0.15, 0.2) is 5.84 Å². The summed E-state index contributed by atoms with van der Waals surface area (Å²) in [7, 11) is 2.95. The third-order valence-electron chi connectivity index (χ3n) is 7.36. The molecule has 1 unspecified atom stereocenters. The summed E-state index contributed by atoms with van der Waals surface area (Å²) in [5.74, 6) is -1.39. The number of ether oxygens (including phenoxy) is 1. The van der Waals surface area contributed by atoms with Crippen molar-refractivity contribution in [2.75, 3.05) is 20.7 Å². The molecule has 0 spiro atoms. The Bertz CT molecular complexity index is 1530. The fourth-order valence-electron chi connectivity index (χ4n) is 4.97. The number of carbonyl (C=O) groups is 5. The minimum Gasteiger partial charge on any atom is -0.493 e. The lowest BCUT2D eigenvalue weighted by atomic mass is 10.0. The maximum absolute atomic E-state index is 13.2. The normalized spacial score (nSPS) is 17.0. The molecule has 2 aromatic rings. The molecule has 5 amide bonds. The molecule has 0 bridgehead atoms. The van der Waals surface area contributed by atoms with E-state index < -0.39 is 23.8 Å². The number of carbonyl (C=O) groups excluding carboxylic acids is 5. The number of amidine groups is 2. The zero-order valence-electron chi connectivity index (χ0n) is 25.0. The first-order valence-corrected chi connectivity index (χ1v) is 14.4. The summed E-state index contributed by atoms with van der Waals surface area (Å²) in [6.07, 6.45) is 2.52. The van der Waals surface area contributed by atoms with Crippen molar-refractivity contribution in [2.24, 2.45) is 15.2 Å². The summed E-state index contributed by atoms with van der Waals surface area (Å²) < 4.78 is 5.86. The Kier molecular flexibility index (Phi) is 10.4. The van der Waals surface area contributed by atoms with Crippen LogP contribution in [0.1, 0.15) is 77.3 Å². The van der Waals surface area contributed by atoms with Gasteiger partial charge in [0.25, 0.3) is 17.7 Å². The fourth-order valence-corrected chi connectivity index (χ4v) is 4.97. The molecule has 2 aromatic carbocycles. The Balaban J connectivity index is 1.20. The Morgan fingerprint density at radius 2 is 1.77 bits per heavy atom. The molecule has 2 heterocycles. The van der Waals surface area contributed by atoms with Gasteiger partial charge in [-0.05, 0) is 50.3 Å². The van der Waals surface area contributed by atoms with Gasteiger partial charge in [-0.25, -0.2) is 0 Å². The predicted octanol–water partition coefficient (Wildman–Crippen LogP) is 3.51. The standard InChI is InChI=1S/C31H35N7O6/c1-19(32)35-36-28(33-2)21-13-11-20(12-14-21)18-34-25(39)10-5-4-6-17-44-24-9-7-8-22-27(24)31(43)38(29(22)41)23-15-16-26(40)37(3)30(23)42/h7-9,11-14,23,32H,4-6,10,15-18H2,1-3H3,(H,34,39). The second kappa shape index (κ2) is 14.4. The third-order valence-corrected chi connectivity index (χ3v) is 7.36. The molecule has 13 nitrogen and oxygen atoms in total. The summed E-state index contributed by atoms with van der Waals surface area (Å²) in [5.41, 5.74) is 1.98. The van der Waals surface area contributed by atoms with E-state index in [2.05, 4.69) is 20.5 Å². The van der Waals surface area contributed by atoms with E-state index in [1.807, 2.05) is 24.3 Å². The molecular formula is C31H35N7O6. The molecular weight excluding hydrogens is 566 g/mol. The van der Waals surface area contributed by atoms with E-state index in [9.17, 15) is 24.0 Å². The molecule has 0 aliphatic carbocycles. The molecule has 13 heteroatoms. The number of aliphatic imine (C=N–C) groups is 1. The lowest BCUT2D eigenvalue weighted by Crippen LogP contribution is -2.54. The molecule has 0 saturated carbocycles. The number of benzene rings is 2. The van der Waals surface area contributed by atoms with Gasteiger partial charge >= 0.3 is 0 Å². The molecule has 0 aromatic heterocycles. The van der Waals surface area contributed by atoms with Crippen molar-refractivity contribution in [3.63, 3.8) is 0 Å². The van der Waals surface area contributed by atoms with E-state index in [-0.39, 0.29) is 54.0 Å². The average Bonchev–Trinajstić information content (AvgIpc) is 3.27. The maximum atomic E-state index is 13.2. The first-order chi connectivity index (χ1) is 21.1. The number of imide groups is 2. The number of hydrogen-bond acceptors (Lipinski definition) is 8. The van der Waals surface area contributed by atoms with Gasteiger partial charge in [-0.1, -0.05) is 30.3 Å². The van der Waals surface area contributed by atoms with Gasteiger partial charge in [0.2, 0.25) is 11.8 Å². The van der Waals surface area contributed by atoms with Crippen LogP contribution in [0.4, 0.5) is 0 Å². The Labute approximate surface area is 254 Å². The van der Waals surface area contributed by atoms with E-state index in [1.165, 1.54) is 20.0 Å². The minimum absolute atomic E-state index is 0.0734. The highest BCUT2D eigenvalue weighted by molar-refractivity contribution is 6.24. The van der Waals surface area contributed by atoms with Crippen LogP contribution in [0.15, 0.2) is 57.7 Å². The number of likely N-dealkylation sites (tertiary alicyclic amines) is 1. The second-order valence-corrected chi connectivity index (χ2v) is 10.5. The number of amides is 5. The smallest absolute Gasteiger partial charge is 0.266 e. The van der Waals surface area contributed by atoms with Crippen molar-refractivity contribution in [3.05, 3.63) is 64.7 Å². The summed E-state index contributed by atoms with van der Waals surface area (Å²) in [6.45, 7) is 2.19. The van der Waals surface area contributed by atoms with Crippen molar-refractivity contribution in [2.45, 2.75) is 58.0 Å². The molecule has 4 rings (SSSR count). The van der Waals surface area contributed by atoms with E-state index in [1.54, 1.807) is 19.2 Å². The van der Waals surface area contributed by atoms with Crippen molar-refractivity contribution >= 4 is 41.2 Å². The number of fused-ring (bicyclic) bond motifs is 1. The lowest BCUT2D eigenvalue weighted by Gasteiger charge is -2.32. The van der Waals surface area contributed by atoms with Crippen LogP contribution in [0, 0.1) is 5.41 Å². The SMILES string of the molecule is CN=C(N=NC(C)=N)c1ccc(CNC(=O)CCCCCOc2cccc3c2C(=O)N(C2CCC(=O)N(C)C2=O)C3=O)cc1. The Hall–Kier alpha value is -5.07. The van der Waals surface area contributed by atoms with Gasteiger partial charge in [-0.3, -0.25) is 44.2 Å². The van der Waals surface area contributed by atoms with Crippen LogP contribution in [-0.2, 0) is 20.9 Å². The molecule has 0 radical (unpaired) electrons. The summed E-state index contributed by atoms with van der Waals surface area (Å²) in [5, 5.41) is 17.9. The van der Waals surface area contributed by atoms with Crippen LogP contribution in [0.25, 0.3) is 0 Å². The van der Waals surface area contributed by atoms with Crippen LogP contribution in [0.5, 0.6) is 5.75 Å². The van der Waals surface area contributed by atoms with Crippen molar-refractivity contribution in [1.29, 1.82) is 5.41 Å². The topological polar surface area (TPSA) is 174 Å². The van der Waals surface area contributed by atoms with Gasteiger partial charge in [0, 0.05) is 39.0 Å². The Morgan fingerprint density at radius 3 is 2.48 bits per heavy atom. The highest BCUT2D eigenvalue weighted by Crippen LogP contribution is 2.34. The summed E-state index contributed by atoms with van der Waals surface area (Å²) in [4.78, 5) is 69.1. The van der Waals surface area contributed by atoms with E-state index >= 15 is 0 Å². The average molecular weight is 602 g/mol. The number of piperidine rings is 1. The summed E-state index contributed by atoms with van der Waals surface area (Å²) in [6, 6.07) is 11.2. The largest absolute Gasteiger partial charge is 0.493 e. The molecule has 1 saturated heterocycles. The summed E-state index contributed by atoms with van der Waals surface area (Å²) >= 11 is 0.